The zero-order valence-electron chi connectivity index (χ0n) is 9.23. The van der Waals surface area contributed by atoms with Crippen molar-refractivity contribution in [1.29, 1.82) is 0 Å². The Balaban J connectivity index is 0.00000128. The van der Waals surface area contributed by atoms with Gasteiger partial charge in [-0.3, -0.25) is 0 Å². The number of amides is 1. The number of carbonyl (C=O) groups excluding carboxylic acids is 1. The maximum Gasteiger partial charge on any atom is 0.407 e. The molecular formula is C12H16ClNO2. The van der Waals surface area contributed by atoms with Crippen LogP contribution in [0.3, 0.4) is 0 Å². The van der Waals surface area contributed by atoms with Gasteiger partial charge < -0.3 is 10.1 Å². The maximum absolute atomic E-state index is 11.0. The number of alkyl carbamates (subject to hydrolysis) is 1. The van der Waals surface area contributed by atoms with E-state index in [2.05, 4.69) is 36.5 Å². The highest BCUT2D eigenvalue weighted by Crippen LogP contribution is 2.20. The fourth-order valence-corrected chi connectivity index (χ4v) is 1.76. The number of hydrogen-bond donors (Lipinski definition) is 1. The summed E-state index contributed by atoms with van der Waals surface area (Å²) in [6, 6.07) is 8.48. The van der Waals surface area contributed by atoms with Gasteiger partial charge in [-0.05, 0) is 17.5 Å². The lowest BCUT2D eigenvalue weighted by atomic mass is 10.0. The summed E-state index contributed by atoms with van der Waals surface area (Å²) in [6.45, 7) is 2.64. The summed E-state index contributed by atoms with van der Waals surface area (Å²) in [6.07, 6.45) is 1.57. The van der Waals surface area contributed by atoms with Gasteiger partial charge in [-0.2, -0.15) is 0 Å². The molecule has 2 rings (SSSR count). The number of nitrogens with one attached hydrogen (secondary N) is 1. The van der Waals surface area contributed by atoms with Gasteiger partial charge in [0, 0.05) is 6.42 Å². The maximum atomic E-state index is 11.0. The molecule has 1 N–H and O–H groups in total. The van der Waals surface area contributed by atoms with Crippen molar-refractivity contribution in [2.24, 2.45) is 0 Å². The van der Waals surface area contributed by atoms with Gasteiger partial charge in [-0.1, -0.05) is 31.2 Å². The molecule has 1 aliphatic rings. The topological polar surface area (TPSA) is 38.3 Å². The number of hydrogen-bond acceptors (Lipinski definition) is 2. The summed E-state index contributed by atoms with van der Waals surface area (Å²) in [7, 11) is 0. The first-order valence-electron chi connectivity index (χ1n) is 5.31. The van der Waals surface area contributed by atoms with Crippen LogP contribution in [0, 0.1) is 0 Å². The molecule has 1 aromatic carbocycles. The van der Waals surface area contributed by atoms with E-state index >= 15 is 0 Å². The molecule has 1 heterocycles. The monoisotopic (exact) mass is 241 g/mol. The van der Waals surface area contributed by atoms with Crippen LogP contribution in [0.15, 0.2) is 24.3 Å². The molecule has 1 saturated heterocycles. The third-order valence-electron chi connectivity index (χ3n) is 2.72. The van der Waals surface area contributed by atoms with E-state index < -0.39 is 0 Å². The fourth-order valence-electron chi connectivity index (χ4n) is 1.76. The summed E-state index contributed by atoms with van der Waals surface area (Å²) in [5.74, 6) is 0. The first kappa shape index (κ1) is 12.8. The Bertz CT molecular complexity index is 351. The van der Waals surface area contributed by atoms with Crippen molar-refractivity contribution in [3.63, 3.8) is 0 Å². The van der Waals surface area contributed by atoms with E-state index in [0.717, 1.165) is 18.4 Å². The number of carbonyl (C=O) groups is 1. The Morgan fingerprint density at radius 2 is 2.06 bits per heavy atom. The first-order valence-corrected chi connectivity index (χ1v) is 5.31. The molecule has 1 aromatic rings. The molecule has 4 heteroatoms. The van der Waals surface area contributed by atoms with Crippen LogP contribution in [0.2, 0.25) is 0 Å². The highest BCUT2D eigenvalue weighted by Gasteiger charge is 2.20. The van der Waals surface area contributed by atoms with Crippen LogP contribution in [-0.4, -0.2) is 12.7 Å². The molecular weight excluding hydrogens is 226 g/mol. The fraction of sp³-hybridized carbons (Fsp3) is 0.417. The van der Waals surface area contributed by atoms with Crippen molar-refractivity contribution in [3.05, 3.63) is 35.4 Å². The van der Waals surface area contributed by atoms with E-state index in [1.165, 1.54) is 5.56 Å². The number of benzene rings is 1. The van der Waals surface area contributed by atoms with Gasteiger partial charge in [-0.25, -0.2) is 4.79 Å². The standard InChI is InChI=1S/C12H15NO2.ClH/c1-2-9-3-5-10(6-4-9)11-7-8-15-12(14)13-11;/h3-6,11H,2,7-8H2,1H3,(H,13,14);1H/t11-;/m1./s1. The highest BCUT2D eigenvalue weighted by molar-refractivity contribution is 5.85. The lowest BCUT2D eigenvalue weighted by Gasteiger charge is -2.23. The van der Waals surface area contributed by atoms with Crippen molar-refractivity contribution < 1.29 is 9.53 Å². The van der Waals surface area contributed by atoms with Crippen LogP contribution >= 0.6 is 12.4 Å². The van der Waals surface area contributed by atoms with Gasteiger partial charge in [0.25, 0.3) is 0 Å². The normalized spacial score (nSPS) is 19.3. The molecule has 3 nitrogen and oxygen atoms in total. The van der Waals surface area contributed by atoms with E-state index in [-0.39, 0.29) is 24.5 Å². The molecule has 1 fully saturated rings. The van der Waals surface area contributed by atoms with Gasteiger partial charge in [0.2, 0.25) is 0 Å². The predicted octanol–water partition coefficient (Wildman–Crippen LogP) is 2.84. The molecule has 16 heavy (non-hydrogen) atoms. The van der Waals surface area contributed by atoms with Gasteiger partial charge in [0.1, 0.15) is 0 Å². The molecule has 0 aliphatic carbocycles. The largest absolute Gasteiger partial charge is 0.449 e. The van der Waals surface area contributed by atoms with Crippen LogP contribution in [0.25, 0.3) is 0 Å². The predicted molar refractivity (Wildman–Crippen MR) is 64.9 cm³/mol. The zero-order chi connectivity index (χ0) is 10.7. The minimum Gasteiger partial charge on any atom is -0.449 e. The zero-order valence-corrected chi connectivity index (χ0v) is 10.0. The second-order valence-corrected chi connectivity index (χ2v) is 3.72. The van der Waals surface area contributed by atoms with Gasteiger partial charge in [-0.15, -0.1) is 12.4 Å². The van der Waals surface area contributed by atoms with E-state index in [1.54, 1.807) is 0 Å². The van der Waals surface area contributed by atoms with Crippen molar-refractivity contribution in [1.82, 2.24) is 5.32 Å². The quantitative estimate of drug-likeness (QED) is 0.865. The van der Waals surface area contributed by atoms with Gasteiger partial charge >= 0.3 is 6.09 Å². The lowest BCUT2D eigenvalue weighted by molar-refractivity contribution is 0.115. The molecule has 0 radical (unpaired) electrons. The van der Waals surface area contributed by atoms with Crippen molar-refractivity contribution >= 4 is 18.5 Å². The Morgan fingerprint density at radius 3 is 2.62 bits per heavy atom. The Hall–Kier alpha value is -1.22. The SMILES string of the molecule is CCc1ccc([C@H]2CCOC(=O)N2)cc1.Cl. The second-order valence-electron chi connectivity index (χ2n) is 3.72. The minimum absolute atomic E-state index is 0. The van der Waals surface area contributed by atoms with Gasteiger partial charge in [0.05, 0.1) is 12.6 Å². The summed E-state index contributed by atoms with van der Waals surface area (Å²) in [4.78, 5) is 11.0. The van der Waals surface area contributed by atoms with E-state index in [1.807, 2.05) is 0 Å². The molecule has 0 unspecified atom stereocenters. The van der Waals surface area contributed by atoms with Crippen LogP contribution in [0.5, 0.6) is 0 Å². The van der Waals surface area contributed by atoms with Crippen molar-refractivity contribution in [2.45, 2.75) is 25.8 Å². The third kappa shape index (κ3) is 2.89. The molecule has 88 valence electrons. The van der Waals surface area contributed by atoms with E-state index in [4.69, 9.17) is 4.74 Å². The number of cyclic esters (lactones) is 1. The van der Waals surface area contributed by atoms with Crippen molar-refractivity contribution in [2.75, 3.05) is 6.61 Å². The van der Waals surface area contributed by atoms with Crippen LogP contribution < -0.4 is 5.32 Å². The summed E-state index contributed by atoms with van der Waals surface area (Å²) >= 11 is 0. The Labute approximate surface area is 102 Å². The number of aryl methyl sites for hydroxylation is 1. The number of rotatable bonds is 2. The van der Waals surface area contributed by atoms with Crippen LogP contribution in [0.1, 0.15) is 30.5 Å². The Morgan fingerprint density at radius 1 is 1.38 bits per heavy atom. The lowest BCUT2D eigenvalue weighted by Crippen LogP contribution is -2.35. The summed E-state index contributed by atoms with van der Waals surface area (Å²) in [5.41, 5.74) is 2.47. The average molecular weight is 242 g/mol. The van der Waals surface area contributed by atoms with Gasteiger partial charge in [0.15, 0.2) is 0 Å². The molecule has 1 atom stereocenters. The number of ether oxygens (including phenoxy) is 1. The second kappa shape index (κ2) is 5.75. The summed E-state index contributed by atoms with van der Waals surface area (Å²) < 4.78 is 4.82. The average Bonchev–Trinajstić information content (AvgIpc) is 2.29. The molecule has 0 bridgehead atoms. The van der Waals surface area contributed by atoms with E-state index in [0.29, 0.717) is 6.61 Å². The summed E-state index contributed by atoms with van der Waals surface area (Å²) in [5, 5.41) is 2.81. The third-order valence-corrected chi connectivity index (χ3v) is 2.72. The molecule has 0 saturated carbocycles. The smallest absolute Gasteiger partial charge is 0.407 e. The molecule has 0 spiro atoms. The van der Waals surface area contributed by atoms with E-state index in [9.17, 15) is 4.79 Å². The van der Waals surface area contributed by atoms with Crippen LogP contribution in [-0.2, 0) is 11.2 Å². The van der Waals surface area contributed by atoms with Crippen LogP contribution in [0.4, 0.5) is 4.79 Å². The van der Waals surface area contributed by atoms with Crippen molar-refractivity contribution in [3.8, 4) is 0 Å². The Kier molecular flexibility index (Phi) is 4.62. The minimum atomic E-state index is -0.314. The number of halogens is 1. The molecule has 1 amide bonds. The molecule has 1 aliphatic heterocycles. The molecule has 0 aromatic heterocycles. The highest BCUT2D eigenvalue weighted by atomic mass is 35.5. The first-order chi connectivity index (χ1) is 7.29.